The Morgan fingerprint density at radius 2 is 1.60 bits per heavy atom. The molecule has 3 aromatic carbocycles. The monoisotopic (exact) mass is 628 g/mol. The summed E-state index contributed by atoms with van der Waals surface area (Å²) in [4.78, 5) is 14.8. The SMILES string of the molecule is CC(C)(C)OC(=O)CN(c1ccc2cc(-c3ccc(N4CCOCC4)nn3)ccc2c1)S(=O)(=O)c1cc(Cl)cc(Cl)c1. The number of sulfonamides is 1. The second-order valence-corrected chi connectivity index (χ2v) is 13.6. The van der Waals surface area contributed by atoms with Crippen LogP contribution in [0, 0.1) is 0 Å². The first kappa shape index (κ1) is 30.0. The molecule has 2 heterocycles. The van der Waals surface area contributed by atoms with Gasteiger partial charge in [0.1, 0.15) is 12.1 Å². The van der Waals surface area contributed by atoms with E-state index in [0.29, 0.717) is 18.9 Å². The van der Waals surface area contributed by atoms with Crippen LogP contribution in [0.1, 0.15) is 20.8 Å². The van der Waals surface area contributed by atoms with Gasteiger partial charge in [-0.2, -0.15) is 0 Å². The van der Waals surface area contributed by atoms with E-state index in [-0.39, 0.29) is 20.6 Å². The van der Waals surface area contributed by atoms with Crippen molar-refractivity contribution in [3.8, 4) is 11.3 Å². The van der Waals surface area contributed by atoms with E-state index in [1.165, 1.54) is 18.2 Å². The van der Waals surface area contributed by atoms with Crippen LogP contribution >= 0.6 is 23.2 Å². The molecule has 0 radical (unpaired) electrons. The average Bonchev–Trinajstić information content (AvgIpc) is 2.94. The van der Waals surface area contributed by atoms with E-state index >= 15 is 0 Å². The molecule has 0 bridgehead atoms. The van der Waals surface area contributed by atoms with Gasteiger partial charge in [0.25, 0.3) is 10.0 Å². The van der Waals surface area contributed by atoms with Gasteiger partial charge in [0, 0.05) is 28.7 Å². The van der Waals surface area contributed by atoms with Gasteiger partial charge >= 0.3 is 5.97 Å². The number of fused-ring (bicyclic) bond motifs is 1. The number of hydrogen-bond donors (Lipinski definition) is 0. The summed E-state index contributed by atoms with van der Waals surface area (Å²) in [5.41, 5.74) is 1.06. The van der Waals surface area contributed by atoms with Crippen molar-refractivity contribution in [1.29, 1.82) is 0 Å². The van der Waals surface area contributed by atoms with Gasteiger partial charge in [-0.1, -0.05) is 41.4 Å². The van der Waals surface area contributed by atoms with Crippen LogP contribution in [-0.2, 0) is 24.3 Å². The van der Waals surface area contributed by atoms with E-state index in [9.17, 15) is 13.2 Å². The Morgan fingerprint density at radius 3 is 2.24 bits per heavy atom. The minimum Gasteiger partial charge on any atom is -0.459 e. The molecule has 1 aromatic heterocycles. The number of morpholine rings is 1. The summed E-state index contributed by atoms with van der Waals surface area (Å²) in [7, 11) is -4.25. The molecule has 9 nitrogen and oxygen atoms in total. The van der Waals surface area contributed by atoms with Gasteiger partial charge < -0.3 is 14.4 Å². The highest BCUT2D eigenvalue weighted by Crippen LogP contribution is 2.32. The second kappa shape index (κ2) is 12.0. The first-order valence-corrected chi connectivity index (χ1v) is 15.5. The highest BCUT2D eigenvalue weighted by Gasteiger charge is 2.30. The number of carbonyl (C=O) groups is 1. The van der Waals surface area contributed by atoms with Crippen molar-refractivity contribution in [2.75, 3.05) is 42.1 Å². The number of carbonyl (C=O) groups excluding carboxylic acids is 1. The van der Waals surface area contributed by atoms with Gasteiger partial charge in [-0.05, 0) is 80.1 Å². The Balaban J connectivity index is 1.48. The Hall–Kier alpha value is -3.44. The molecule has 1 fully saturated rings. The van der Waals surface area contributed by atoms with Crippen LogP contribution in [-0.4, -0.2) is 63.0 Å². The first-order chi connectivity index (χ1) is 19.9. The number of anilines is 2. The number of ether oxygens (including phenoxy) is 2. The lowest BCUT2D eigenvalue weighted by molar-refractivity contribution is -0.152. The van der Waals surface area contributed by atoms with Crippen LogP contribution in [0.15, 0.2) is 71.6 Å². The molecular weight excluding hydrogens is 599 g/mol. The van der Waals surface area contributed by atoms with Gasteiger partial charge in [0.2, 0.25) is 0 Å². The maximum absolute atomic E-state index is 13.8. The number of halogens is 2. The first-order valence-electron chi connectivity index (χ1n) is 13.3. The van der Waals surface area contributed by atoms with Crippen molar-refractivity contribution in [1.82, 2.24) is 10.2 Å². The standard InChI is InChI=1S/C30H30Cl2N4O5S/c1-30(2,3)41-29(37)19-36(42(38,39)26-17-23(31)16-24(32)18-26)25-7-6-20-14-22(5-4-21(20)15-25)27-8-9-28(34-33-27)35-10-12-40-13-11-35/h4-9,14-18H,10-13,19H2,1-3H3. The zero-order valence-electron chi connectivity index (χ0n) is 23.4. The summed E-state index contributed by atoms with van der Waals surface area (Å²) < 4.78 is 39.5. The molecular formula is C30H30Cl2N4O5S. The molecule has 0 N–H and O–H groups in total. The fraction of sp³-hybridized carbons (Fsp3) is 0.300. The van der Waals surface area contributed by atoms with Crippen molar-refractivity contribution in [3.63, 3.8) is 0 Å². The van der Waals surface area contributed by atoms with Crippen LogP contribution in [0.4, 0.5) is 11.5 Å². The number of nitrogens with zero attached hydrogens (tertiary/aromatic N) is 4. The van der Waals surface area contributed by atoms with E-state index in [2.05, 4.69) is 15.1 Å². The Morgan fingerprint density at radius 1 is 0.929 bits per heavy atom. The highest BCUT2D eigenvalue weighted by molar-refractivity contribution is 7.92. The number of benzene rings is 3. The maximum atomic E-state index is 13.8. The molecule has 1 aliphatic heterocycles. The van der Waals surface area contributed by atoms with Crippen molar-refractivity contribution in [3.05, 3.63) is 76.8 Å². The molecule has 4 aromatic rings. The Kier molecular flexibility index (Phi) is 8.61. The minimum absolute atomic E-state index is 0.141. The number of aromatic nitrogens is 2. The lowest BCUT2D eigenvalue weighted by Gasteiger charge is -2.27. The zero-order valence-corrected chi connectivity index (χ0v) is 25.7. The molecule has 220 valence electrons. The molecule has 1 aliphatic rings. The fourth-order valence-electron chi connectivity index (χ4n) is 4.60. The lowest BCUT2D eigenvalue weighted by atomic mass is 10.0. The summed E-state index contributed by atoms with van der Waals surface area (Å²) in [6.07, 6.45) is 0. The van der Waals surface area contributed by atoms with Gasteiger partial charge in [-0.3, -0.25) is 9.10 Å². The summed E-state index contributed by atoms with van der Waals surface area (Å²) in [6.45, 7) is 7.49. The van der Waals surface area contributed by atoms with E-state index in [0.717, 1.165) is 39.5 Å². The van der Waals surface area contributed by atoms with Crippen LogP contribution in [0.5, 0.6) is 0 Å². The van der Waals surface area contributed by atoms with Gasteiger partial charge in [0.05, 0.1) is 29.5 Å². The van der Waals surface area contributed by atoms with Crippen LogP contribution in [0.2, 0.25) is 10.0 Å². The van der Waals surface area contributed by atoms with Crippen molar-refractivity contribution in [2.24, 2.45) is 0 Å². The predicted octanol–water partition coefficient (Wildman–Crippen LogP) is 5.98. The van der Waals surface area contributed by atoms with E-state index in [4.69, 9.17) is 32.7 Å². The Bertz CT molecular complexity index is 1700. The fourth-order valence-corrected chi connectivity index (χ4v) is 6.73. The van der Waals surface area contributed by atoms with Crippen molar-refractivity contribution >= 4 is 61.5 Å². The van der Waals surface area contributed by atoms with Crippen molar-refractivity contribution < 1.29 is 22.7 Å². The topological polar surface area (TPSA) is 102 Å². The number of esters is 1. The molecule has 5 rings (SSSR count). The number of rotatable bonds is 7. The predicted molar refractivity (Wildman–Crippen MR) is 165 cm³/mol. The molecule has 0 unspecified atom stereocenters. The largest absolute Gasteiger partial charge is 0.459 e. The summed E-state index contributed by atoms with van der Waals surface area (Å²) in [5, 5.41) is 10.8. The molecule has 0 spiro atoms. The van der Waals surface area contributed by atoms with Gasteiger partial charge in [-0.15, -0.1) is 10.2 Å². The molecule has 0 saturated carbocycles. The van der Waals surface area contributed by atoms with Gasteiger partial charge in [0.15, 0.2) is 5.82 Å². The van der Waals surface area contributed by atoms with Crippen LogP contribution in [0.25, 0.3) is 22.0 Å². The molecule has 0 atom stereocenters. The Labute approximate surface area is 255 Å². The summed E-state index contributed by atoms with van der Waals surface area (Å²) in [5.74, 6) is 0.105. The third kappa shape index (κ3) is 6.95. The lowest BCUT2D eigenvalue weighted by Crippen LogP contribution is -2.39. The van der Waals surface area contributed by atoms with Crippen molar-refractivity contribution in [2.45, 2.75) is 31.3 Å². The minimum atomic E-state index is -4.25. The molecule has 1 saturated heterocycles. The van der Waals surface area contributed by atoms with Crippen LogP contribution < -0.4 is 9.21 Å². The number of hydrogen-bond acceptors (Lipinski definition) is 8. The third-order valence-corrected chi connectivity index (χ3v) is 8.70. The molecule has 12 heteroatoms. The van der Waals surface area contributed by atoms with Crippen LogP contribution in [0.3, 0.4) is 0 Å². The van der Waals surface area contributed by atoms with E-state index in [1.54, 1.807) is 39.0 Å². The third-order valence-electron chi connectivity index (χ3n) is 6.51. The summed E-state index contributed by atoms with van der Waals surface area (Å²) in [6, 6.07) is 18.8. The molecule has 0 aliphatic carbocycles. The normalized spacial score (nSPS) is 14.2. The second-order valence-electron chi connectivity index (χ2n) is 10.8. The highest BCUT2D eigenvalue weighted by atomic mass is 35.5. The molecule has 0 amide bonds. The smallest absolute Gasteiger partial charge is 0.327 e. The zero-order chi connectivity index (χ0) is 30.1. The maximum Gasteiger partial charge on any atom is 0.327 e. The molecule has 42 heavy (non-hydrogen) atoms. The van der Waals surface area contributed by atoms with Gasteiger partial charge in [-0.25, -0.2) is 8.42 Å². The quantitative estimate of drug-likeness (QED) is 0.230. The summed E-state index contributed by atoms with van der Waals surface area (Å²) >= 11 is 12.2. The van der Waals surface area contributed by atoms with E-state index < -0.39 is 28.1 Å². The van der Waals surface area contributed by atoms with E-state index in [1.807, 2.05) is 30.3 Å². The average molecular weight is 630 g/mol.